The van der Waals surface area contributed by atoms with E-state index in [0.717, 1.165) is 50.8 Å². The quantitative estimate of drug-likeness (QED) is 0.774. The van der Waals surface area contributed by atoms with Crippen molar-refractivity contribution in [3.05, 3.63) is 12.2 Å². The fourth-order valence-corrected chi connectivity index (χ4v) is 3.35. The molecule has 3 rings (SSSR count). The lowest BCUT2D eigenvalue weighted by atomic mass is 9.71. The van der Waals surface area contributed by atoms with Crippen LogP contribution in [0.15, 0.2) is 6.33 Å². The monoisotopic (exact) mass is 262 g/mol. The highest BCUT2D eigenvalue weighted by Crippen LogP contribution is 2.38. The molecular formula is C14H22N4O. The van der Waals surface area contributed by atoms with Gasteiger partial charge < -0.3 is 9.36 Å². The molecule has 0 saturated heterocycles. The molecule has 1 aliphatic heterocycles. The Kier molecular flexibility index (Phi) is 3.39. The number of nitrogens with zero attached hydrogens (tertiary/aromatic N) is 4. The molecule has 0 amide bonds. The minimum Gasteiger partial charge on any atom is -0.315 e. The van der Waals surface area contributed by atoms with E-state index in [1.807, 2.05) is 0 Å². The largest absolute Gasteiger partial charge is 0.315 e. The lowest BCUT2D eigenvalue weighted by Gasteiger charge is -2.39. The topological polar surface area (TPSA) is 51.0 Å². The van der Waals surface area contributed by atoms with Gasteiger partial charge in [-0.05, 0) is 31.6 Å². The van der Waals surface area contributed by atoms with Crippen LogP contribution in [0.25, 0.3) is 0 Å². The molecule has 1 fully saturated rings. The number of hydrogen-bond acceptors (Lipinski definition) is 4. The van der Waals surface area contributed by atoms with Crippen molar-refractivity contribution < 1.29 is 4.79 Å². The van der Waals surface area contributed by atoms with Crippen LogP contribution in [0.3, 0.4) is 0 Å². The Bertz CT molecular complexity index is 448. The van der Waals surface area contributed by atoms with Crippen molar-refractivity contribution >= 4 is 6.29 Å². The summed E-state index contributed by atoms with van der Waals surface area (Å²) in [6.45, 7) is 5.93. The van der Waals surface area contributed by atoms with Gasteiger partial charge in [-0.25, -0.2) is 0 Å². The van der Waals surface area contributed by atoms with Gasteiger partial charge in [-0.3, -0.25) is 4.90 Å². The molecule has 19 heavy (non-hydrogen) atoms. The van der Waals surface area contributed by atoms with Gasteiger partial charge in [0.05, 0.1) is 6.54 Å². The van der Waals surface area contributed by atoms with E-state index in [0.29, 0.717) is 0 Å². The minimum atomic E-state index is -0.116. The van der Waals surface area contributed by atoms with Crippen molar-refractivity contribution in [1.82, 2.24) is 19.7 Å². The Balaban J connectivity index is 1.66. The lowest BCUT2D eigenvalue weighted by Crippen LogP contribution is -2.44. The normalized spacial score (nSPS) is 31.9. The molecule has 5 nitrogen and oxygen atoms in total. The number of rotatable bonds is 3. The summed E-state index contributed by atoms with van der Waals surface area (Å²) in [4.78, 5) is 14.0. The zero-order valence-corrected chi connectivity index (χ0v) is 11.6. The van der Waals surface area contributed by atoms with E-state index in [1.165, 1.54) is 19.1 Å². The Hall–Kier alpha value is -1.23. The average molecular weight is 262 g/mol. The molecule has 0 N–H and O–H groups in total. The summed E-state index contributed by atoms with van der Waals surface area (Å²) in [5, 5.41) is 8.09. The zero-order valence-electron chi connectivity index (χ0n) is 11.6. The number of hydrogen-bond donors (Lipinski definition) is 0. The molecule has 104 valence electrons. The molecule has 5 heteroatoms. The summed E-state index contributed by atoms with van der Waals surface area (Å²) in [6, 6.07) is 0. The van der Waals surface area contributed by atoms with Crippen LogP contribution in [-0.4, -0.2) is 39.0 Å². The van der Waals surface area contributed by atoms with E-state index in [-0.39, 0.29) is 5.41 Å². The molecule has 0 atom stereocenters. The van der Waals surface area contributed by atoms with Crippen LogP contribution in [0.5, 0.6) is 0 Å². The van der Waals surface area contributed by atoms with Crippen molar-refractivity contribution in [2.24, 2.45) is 11.3 Å². The first-order valence-corrected chi connectivity index (χ1v) is 7.26. The van der Waals surface area contributed by atoms with Crippen molar-refractivity contribution in [2.45, 2.75) is 45.7 Å². The van der Waals surface area contributed by atoms with Crippen molar-refractivity contribution in [3.63, 3.8) is 0 Å². The number of fused-ring (bicyclic) bond motifs is 1. The van der Waals surface area contributed by atoms with E-state index < -0.39 is 0 Å². The Labute approximate surface area is 114 Å². The highest BCUT2D eigenvalue weighted by Gasteiger charge is 2.36. The Morgan fingerprint density at radius 2 is 2.21 bits per heavy atom. The molecule has 0 aromatic carbocycles. The minimum absolute atomic E-state index is 0.116. The van der Waals surface area contributed by atoms with Gasteiger partial charge in [0.15, 0.2) is 0 Å². The van der Waals surface area contributed by atoms with Crippen molar-refractivity contribution in [2.75, 3.05) is 13.1 Å². The maximum absolute atomic E-state index is 11.6. The molecule has 0 bridgehead atoms. The lowest BCUT2D eigenvalue weighted by molar-refractivity contribution is -0.120. The molecule has 1 saturated carbocycles. The first-order valence-electron chi connectivity index (χ1n) is 7.26. The highest BCUT2D eigenvalue weighted by molar-refractivity contribution is 5.60. The summed E-state index contributed by atoms with van der Waals surface area (Å²) in [6.07, 6.45) is 7.47. The van der Waals surface area contributed by atoms with Crippen LogP contribution in [0.4, 0.5) is 0 Å². The van der Waals surface area contributed by atoms with Gasteiger partial charge in [0.2, 0.25) is 0 Å². The second kappa shape index (κ2) is 5.04. The fourth-order valence-electron chi connectivity index (χ4n) is 3.35. The van der Waals surface area contributed by atoms with E-state index in [2.05, 4.69) is 26.6 Å². The smallest absolute Gasteiger partial charge is 0.147 e. The zero-order chi connectivity index (χ0) is 13.3. The van der Waals surface area contributed by atoms with Gasteiger partial charge in [-0.2, -0.15) is 0 Å². The molecule has 0 spiro atoms. The van der Waals surface area contributed by atoms with Gasteiger partial charge in [0.25, 0.3) is 0 Å². The van der Waals surface area contributed by atoms with Crippen LogP contribution in [-0.2, 0) is 17.9 Å². The third-order valence-corrected chi connectivity index (χ3v) is 4.78. The number of aromatic nitrogens is 3. The summed E-state index contributed by atoms with van der Waals surface area (Å²) >= 11 is 0. The third kappa shape index (κ3) is 2.56. The molecule has 1 aromatic heterocycles. The van der Waals surface area contributed by atoms with Crippen LogP contribution in [0.1, 0.15) is 38.4 Å². The van der Waals surface area contributed by atoms with Crippen LogP contribution < -0.4 is 0 Å². The second-order valence-electron chi connectivity index (χ2n) is 6.31. The van der Waals surface area contributed by atoms with Crippen LogP contribution >= 0.6 is 0 Å². The molecule has 0 radical (unpaired) electrons. The molecule has 2 heterocycles. The van der Waals surface area contributed by atoms with Crippen LogP contribution in [0.2, 0.25) is 0 Å². The maximum atomic E-state index is 11.6. The van der Waals surface area contributed by atoms with Crippen molar-refractivity contribution in [3.8, 4) is 0 Å². The van der Waals surface area contributed by atoms with Crippen LogP contribution in [0, 0.1) is 11.3 Å². The van der Waals surface area contributed by atoms with Gasteiger partial charge in [0.1, 0.15) is 18.4 Å². The average Bonchev–Trinajstić information content (AvgIpc) is 2.89. The summed E-state index contributed by atoms with van der Waals surface area (Å²) in [5.74, 6) is 1.80. The van der Waals surface area contributed by atoms with Gasteiger partial charge >= 0.3 is 0 Å². The predicted molar refractivity (Wildman–Crippen MR) is 71.4 cm³/mol. The number of carbonyl (C=O) groups excluding carboxylic acids is 1. The molecule has 2 aliphatic rings. The molecule has 1 aromatic rings. The van der Waals surface area contributed by atoms with Crippen molar-refractivity contribution in [1.29, 1.82) is 0 Å². The van der Waals surface area contributed by atoms with E-state index in [9.17, 15) is 4.79 Å². The van der Waals surface area contributed by atoms with E-state index >= 15 is 0 Å². The number of carbonyl (C=O) groups is 1. The molecule has 1 aliphatic carbocycles. The van der Waals surface area contributed by atoms with Gasteiger partial charge in [0, 0.05) is 25.0 Å². The van der Waals surface area contributed by atoms with E-state index in [4.69, 9.17) is 0 Å². The first kappa shape index (κ1) is 12.8. The highest BCUT2D eigenvalue weighted by atomic mass is 16.1. The van der Waals surface area contributed by atoms with Gasteiger partial charge in [-0.15, -0.1) is 10.2 Å². The van der Waals surface area contributed by atoms with Gasteiger partial charge in [-0.1, -0.05) is 6.92 Å². The fraction of sp³-hybridized carbons (Fsp3) is 0.786. The van der Waals surface area contributed by atoms with E-state index in [1.54, 1.807) is 6.33 Å². The number of aldehydes is 1. The summed E-state index contributed by atoms with van der Waals surface area (Å²) in [5.41, 5.74) is -0.116. The first-order chi connectivity index (χ1) is 9.21. The third-order valence-electron chi connectivity index (χ3n) is 4.78. The standard InChI is InChI=1S/C14H22N4O/c1-12-2-4-14(10-19,5-3-12)9-17-6-7-18-11-15-16-13(18)8-17/h10-12H,2-9H2,1H3. The summed E-state index contributed by atoms with van der Waals surface area (Å²) in [7, 11) is 0. The second-order valence-corrected chi connectivity index (χ2v) is 6.31. The summed E-state index contributed by atoms with van der Waals surface area (Å²) < 4.78 is 2.10. The SMILES string of the molecule is CC1CCC(C=O)(CN2CCn3cnnc3C2)CC1. The Morgan fingerprint density at radius 3 is 2.95 bits per heavy atom. The Morgan fingerprint density at radius 1 is 1.42 bits per heavy atom. The maximum Gasteiger partial charge on any atom is 0.147 e. The predicted octanol–water partition coefficient (Wildman–Crippen LogP) is 1.49. The molecular weight excluding hydrogens is 240 g/mol. The molecule has 0 unspecified atom stereocenters.